The number of fused-ring (bicyclic) bond motifs is 1. The van der Waals surface area contributed by atoms with Crippen LogP contribution in [-0.4, -0.2) is 28.7 Å². The highest BCUT2D eigenvalue weighted by Crippen LogP contribution is 2.30. The van der Waals surface area contributed by atoms with Crippen LogP contribution in [0.5, 0.6) is 0 Å². The number of aliphatic hydroxyl groups excluding tert-OH is 1. The van der Waals surface area contributed by atoms with E-state index in [-0.39, 0.29) is 36.1 Å². The number of rotatable bonds is 5. The Hall–Kier alpha value is -1.94. The molecule has 0 radical (unpaired) electrons. The number of aromatic nitrogens is 1. The summed E-state index contributed by atoms with van der Waals surface area (Å²) in [7, 11) is 1.57. The number of amides is 1. The third kappa shape index (κ3) is 3.48. The van der Waals surface area contributed by atoms with Gasteiger partial charge >= 0.3 is 0 Å². The van der Waals surface area contributed by atoms with E-state index in [0.717, 1.165) is 9.99 Å². The second-order valence-corrected chi connectivity index (χ2v) is 7.37. The van der Waals surface area contributed by atoms with Crippen LogP contribution in [0.3, 0.4) is 0 Å². The summed E-state index contributed by atoms with van der Waals surface area (Å²) in [5.74, 6) is -0.598. The van der Waals surface area contributed by atoms with Crippen LogP contribution in [0.25, 0.3) is 0 Å². The second-order valence-electron chi connectivity index (χ2n) is 6.13. The predicted octanol–water partition coefficient (Wildman–Crippen LogP) is 2.08. The van der Waals surface area contributed by atoms with Crippen molar-refractivity contribution in [3.63, 3.8) is 0 Å². The Morgan fingerprint density at radius 1 is 1.35 bits per heavy atom. The van der Waals surface area contributed by atoms with Crippen molar-refractivity contribution in [1.29, 1.82) is 0 Å². The highest BCUT2D eigenvalue weighted by molar-refractivity contribution is 14.1. The number of hydrogen-bond acceptors (Lipinski definition) is 4. The van der Waals surface area contributed by atoms with Gasteiger partial charge in [-0.1, -0.05) is 0 Å². The van der Waals surface area contributed by atoms with Crippen molar-refractivity contribution in [2.75, 3.05) is 18.5 Å². The Morgan fingerprint density at radius 2 is 2.08 bits per heavy atom. The number of carbonyl (C=O) groups is 1. The first-order chi connectivity index (χ1) is 12.4. The van der Waals surface area contributed by atoms with Crippen molar-refractivity contribution in [3.05, 3.63) is 54.6 Å². The first kappa shape index (κ1) is 18.8. The van der Waals surface area contributed by atoms with Crippen molar-refractivity contribution in [2.45, 2.75) is 19.3 Å². The summed E-state index contributed by atoms with van der Waals surface area (Å²) in [5.41, 5.74) is 1.69. The van der Waals surface area contributed by atoms with E-state index in [1.807, 2.05) is 22.6 Å². The Balaban J connectivity index is 2.15. The van der Waals surface area contributed by atoms with Crippen LogP contribution in [0.15, 0.2) is 23.0 Å². The van der Waals surface area contributed by atoms with E-state index in [1.54, 1.807) is 19.2 Å². The molecule has 138 valence electrons. The minimum atomic E-state index is -0.466. The van der Waals surface area contributed by atoms with Gasteiger partial charge < -0.3 is 15.7 Å². The number of carbonyl (C=O) groups excluding carboxylic acids is 1. The molecule has 1 aromatic heterocycles. The largest absolute Gasteiger partial charge is 0.395 e. The monoisotopic (exact) mass is 471 g/mol. The zero-order valence-corrected chi connectivity index (χ0v) is 16.4. The summed E-state index contributed by atoms with van der Waals surface area (Å²) in [5, 5.41) is 14.5. The number of aliphatic hydroxyl groups is 1. The Kier molecular flexibility index (Phi) is 5.61. The van der Waals surface area contributed by atoms with Crippen LogP contribution in [0, 0.1) is 9.39 Å². The molecule has 0 saturated heterocycles. The van der Waals surface area contributed by atoms with Gasteiger partial charge in [-0.05, 0) is 65.6 Å². The quantitative estimate of drug-likeness (QED) is 0.584. The Bertz CT molecular complexity index is 927. The van der Waals surface area contributed by atoms with Crippen molar-refractivity contribution < 1.29 is 14.3 Å². The lowest BCUT2D eigenvalue weighted by molar-refractivity contribution is 0.0944. The van der Waals surface area contributed by atoms with E-state index in [2.05, 4.69) is 10.6 Å². The highest BCUT2D eigenvalue weighted by Gasteiger charge is 2.28. The van der Waals surface area contributed by atoms with E-state index < -0.39 is 5.82 Å². The molecule has 1 aromatic carbocycles. The molecule has 1 aliphatic carbocycles. The minimum absolute atomic E-state index is 0.105. The first-order valence-electron chi connectivity index (χ1n) is 8.30. The third-order valence-electron chi connectivity index (χ3n) is 4.46. The number of pyridine rings is 1. The van der Waals surface area contributed by atoms with Crippen LogP contribution < -0.4 is 16.2 Å². The summed E-state index contributed by atoms with van der Waals surface area (Å²) in [6.45, 7) is -0.0814. The number of nitrogens with zero attached hydrogens (tertiary/aromatic N) is 1. The lowest BCUT2D eigenvalue weighted by Crippen LogP contribution is -2.32. The molecule has 1 aliphatic rings. The molecule has 0 fully saturated rings. The molecule has 0 spiro atoms. The molecule has 8 heteroatoms. The van der Waals surface area contributed by atoms with Gasteiger partial charge in [0, 0.05) is 22.7 Å². The topological polar surface area (TPSA) is 83.4 Å². The molecule has 0 bridgehead atoms. The van der Waals surface area contributed by atoms with E-state index in [0.29, 0.717) is 29.5 Å². The summed E-state index contributed by atoms with van der Waals surface area (Å²) < 4.78 is 16.4. The fourth-order valence-electron chi connectivity index (χ4n) is 3.24. The second kappa shape index (κ2) is 7.75. The van der Waals surface area contributed by atoms with Crippen LogP contribution in [-0.2, 0) is 19.9 Å². The van der Waals surface area contributed by atoms with Crippen LogP contribution >= 0.6 is 22.6 Å². The number of nitrogens with one attached hydrogen (secondary N) is 2. The zero-order chi connectivity index (χ0) is 18.8. The maximum absolute atomic E-state index is 14.3. The van der Waals surface area contributed by atoms with Gasteiger partial charge in [-0.3, -0.25) is 14.2 Å². The summed E-state index contributed by atoms with van der Waals surface area (Å²) >= 11 is 2.01. The van der Waals surface area contributed by atoms with Gasteiger partial charge in [0.25, 0.3) is 11.5 Å². The lowest BCUT2D eigenvalue weighted by Gasteiger charge is -2.19. The fourth-order valence-corrected chi connectivity index (χ4v) is 3.69. The zero-order valence-electron chi connectivity index (χ0n) is 14.2. The van der Waals surface area contributed by atoms with E-state index in [9.17, 15) is 14.0 Å². The predicted molar refractivity (Wildman–Crippen MR) is 106 cm³/mol. The minimum Gasteiger partial charge on any atom is -0.395 e. The SMILES string of the molecule is Cn1c(Nc2ccc(I)cc2F)c(C(=O)NCCO)c2c(c1=O)CCC2. The van der Waals surface area contributed by atoms with Crippen molar-refractivity contribution in [3.8, 4) is 0 Å². The number of benzene rings is 1. The Morgan fingerprint density at radius 3 is 2.77 bits per heavy atom. The molecule has 3 rings (SSSR count). The van der Waals surface area contributed by atoms with E-state index in [4.69, 9.17) is 5.11 Å². The molecule has 1 amide bonds. The molecule has 0 unspecified atom stereocenters. The summed E-state index contributed by atoms with van der Waals surface area (Å²) in [6.07, 6.45) is 2.05. The number of anilines is 2. The molecule has 6 nitrogen and oxygen atoms in total. The molecule has 2 aromatic rings. The van der Waals surface area contributed by atoms with Crippen molar-refractivity contribution >= 4 is 40.0 Å². The number of hydrogen-bond donors (Lipinski definition) is 3. The average molecular weight is 471 g/mol. The smallest absolute Gasteiger partial charge is 0.255 e. The van der Waals surface area contributed by atoms with Crippen LogP contribution in [0.1, 0.15) is 27.9 Å². The standard InChI is InChI=1S/C18H19FIN3O3/c1-23-16(22-14-6-5-10(20)9-13(14)19)15(17(25)21-7-8-24)11-3-2-4-12(11)18(23)26/h5-6,9,22,24H,2-4,7-8H2,1H3,(H,21,25). The van der Waals surface area contributed by atoms with Gasteiger partial charge in [0.2, 0.25) is 0 Å². The average Bonchev–Trinajstić information content (AvgIpc) is 3.09. The van der Waals surface area contributed by atoms with Gasteiger partial charge in [-0.15, -0.1) is 0 Å². The number of halogens is 2. The van der Waals surface area contributed by atoms with Crippen LogP contribution in [0.4, 0.5) is 15.9 Å². The Labute approximate surface area is 163 Å². The normalized spacial score (nSPS) is 12.8. The molecule has 0 saturated carbocycles. The van der Waals surface area contributed by atoms with Gasteiger partial charge in [-0.25, -0.2) is 4.39 Å². The van der Waals surface area contributed by atoms with Gasteiger partial charge in [0.05, 0.1) is 17.9 Å². The first-order valence-corrected chi connectivity index (χ1v) is 9.37. The molecule has 26 heavy (non-hydrogen) atoms. The molecule has 0 aliphatic heterocycles. The maximum Gasteiger partial charge on any atom is 0.255 e. The molecule has 1 heterocycles. The van der Waals surface area contributed by atoms with Gasteiger partial charge in [0.1, 0.15) is 11.6 Å². The molecule has 0 atom stereocenters. The van der Waals surface area contributed by atoms with Crippen molar-refractivity contribution in [1.82, 2.24) is 9.88 Å². The van der Waals surface area contributed by atoms with Gasteiger partial charge in [0.15, 0.2) is 0 Å². The van der Waals surface area contributed by atoms with E-state index in [1.165, 1.54) is 10.6 Å². The van der Waals surface area contributed by atoms with Gasteiger partial charge in [-0.2, -0.15) is 0 Å². The van der Waals surface area contributed by atoms with E-state index >= 15 is 0 Å². The third-order valence-corrected chi connectivity index (χ3v) is 5.13. The molecular formula is C18H19FIN3O3. The highest BCUT2D eigenvalue weighted by atomic mass is 127. The van der Waals surface area contributed by atoms with Crippen molar-refractivity contribution in [2.24, 2.45) is 7.05 Å². The molecule has 3 N–H and O–H groups in total. The molecular weight excluding hydrogens is 452 g/mol. The summed E-state index contributed by atoms with van der Waals surface area (Å²) in [4.78, 5) is 25.4. The summed E-state index contributed by atoms with van der Waals surface area (Å²) in [6, 6.07) is 4.69. The maximum atomic E-state index is 14.3. The lowest BCUT2D eigenvalue weighted by atomic mass is 10.0. The van der Waals surface area contributed by atoms with Crippen LogP contribution in [0.2, 0.25) is 0 Å². The fraction of sp³-hybridized carbons (Fsp3) is 0.333.